The first kappa shape index (κ1) is 12.8. The molecule has 0 radical (unpaired) electrons. The molecule has 6 heteroatoms. The lowest BCUT2D eigenvalue weighted by Gasteiger charge is -1.99. The first-order valence-electron chi connectivity index (χ1n) is 5.35. The van der Waals surface area contributed by atoms with E-state index >= 15 is 0 Å². The van der Waals surface area contributed by atoms with Gasteiger partial charge in [-0.05, 0) is 34.7 Å². The summed E-state index contributed by atoms with van der Waals surface area (Å²) in [6.07, 6.45) is 0. The summed E-state index contributed by atoms with van der Waals surface area (Å²) in [6, 6.07) is 7.62. The topological polar surface area (TPSA) is 28.7 Å². The smallest absolute Gasteiger partial charge is 0.161 e. The molecule has 1 aromatic heterocycles. The lowest BCUT2D eigenvalue weighted by Crippen LogP contribution is -1.82. The van der Waals surface area contributed by atoms with Gasteiger partial charge in [-0.25, -0.2) is 13.8 Å². The number of imidazole rings is 1. The van der Waals surface area contributed by atoms with Gasteiger partial charge in [0.2, 0.25) is 0 Å². The van der Waals surface area contributed by atoms with Gasteiger partial charge in [0.1, 0.15) is 5.82 Å². The monoisotopic (exact) mass is 390 g/mol. The maximum atomic E-state index is 13.1. The van der Waals surface area contributed by atoms with Crippen LogP contribution >= 0.6 is 34.2 Å². The highest BCUT2D eigenvalue weighted by atomic mass is 127. The van der Waals surface area contributed by atoms with Crippen LogP contribution in [0.25, 0.3) is 22.4 Å². The largest absolute Gasteiger partial charge is 0.338 e. The zero-order valence-corrected chi connectivity index (χ0v) is 12.3. The number of hydrogen-bond acceptors (Lipinski definition) is 1. The number of hydrogen-bond donors (Lipinski definition) is 1. The van der Waals surface area contributed by atoms with Crippen LogP contribution in [0.15, 0.2) is 30.3 Å². The van der Waals surface area contributed by atoms with Gasteiger partial charge in [-0.15, -0.1) is 0 Å². The second-order valence-electron chi connectivity index (χ2n) is 4.00. The molecule has 0 amide bonds. The zero-order chi connectivity index (χ0) is 13.6. The lowest BCUT2D eigenvalue weighted by atomic mass is 10.2. The SMILES string of the molecule is Fc1cc2nc(-c3ccc(I)c(Cl)c3)[nH]c2cc1F. The Kier molecular flexibility index (Phi) is 3.18. The van der Waals surface area contributed by atoms with Crippen molar-refractivity contribution in [3.63, 3.8) is 0 Å². The van der Waals surface area contributed by atoms with Crippen molar-refractivity contribution in [2.45, 2.75) is 0 Å². The quantitative estimate of drug-likeness (QED) is 0.596. The number of fused-ring (bicyclic) bond motifs is 1. The minimum atomic E-state index is -0.911. The van der Waals surface area contributed by atoms with Gasteiger partial charge >= 0.3 is 0 Å². The van der Waals surface area contributed by atoms with Gasteiger partial charge in [0, 0.05) is 21.3 Å². The molecular formula is C13H6ClF2IN2. The van der Waals surface area contributed by atoms with E-state index in [1.54, 1.807) is 6.07 Å². The van der Waals surface area contributed by atoms with Crippen LogP contribution in [0.2, 0.25) is 5.02 Å². The van der Waals surface area contributed by atoms with E-state index in [-0.39, 0.29) is 0 Å². The molecule has 96 valence electrons. The molecule has 0 saturated heterocycles. The highest BCUT2D eigenvalue weighted by Crippen LogP contribution is 2.27. The Bertz CT molecular complexity index is 747. The molecule has 0 aliphatic carbocycles. The molecule has 0 unspecified atom stereocenters. The van der Waals surface area contributed by atoms with Crippen molar-refractivity contribution < 1.29 is 8.78 Å². The van der Waals surface area contributed by atoms with Crippen molar-refractivity contribution in [1.29, 1.82) is 0 Å². The molecule has 1 heterocycles. The molecule has 2 aromatic carbocycles. The standard InChI is InChI=1S/C13H6ClF2IN2/c14-7-3-6(1-2-10(7)17)13-18-11-4-8(15)9(16)5-12(11)19-13/h1-5H,(H,18,19). The number of nitrogens with one attached hydrogen (secondary N) is 1. The summed E-state index contributed by atoms with van der Waals surface area (Å²) >= 11 is 8.17. The Balaban J connectivity index is 2.17. The predicted molar refractivity (Wildman–Crippen MR) is 79.2 cm³/mol. The fourth-order valence-electron chi connectivity index (χ4n) is 1.79. The molecule has 3 rings (SSSR count). The fourth-order valence-corrected chi connectivity index (χ4v) is 2.30. The number of benzene rings is 2. The summed E-state index contributed by atoms with van der Waals surface area (Å²) < 4.78 is 27.2. The van der Waals surface area contributed by atoms with Crippen LogP contribution in [-0.2, 0) is 0 Å². The van der Waals surface area contributed by atoms with Crippen LogP contribution in [0, 0.1) is 15.2 Å². The normalized spacial score (nSPS) is 11.2. The van der Waals surface area contributed by atoms with Crippen LogP contribution in [0.3, 0.4) is 0 Å². The van der Waals surface area contributed by atoms with Gasteiger partial charge in [0.15, 0.2) is 11.6 Å². The van der Waals surface area contributed by atoms with Crippen molar-refractivity contribution in [2.24, 2.45) is 0 Å². The van der Waals surface area contributed by atoms with Crippen molar-refractivity contribution in [3.8, 4) is 11.4 Å². The van der Waals surface area contributed by atoms with Gasteiger partial charge in [-0.1, -0.05) is 17.7 Å². The molecule has 1 N–H and O–H groups in total. The third kappa shape index (κ3) is 2.32. The minimum Gasteiger partial charge on any atom is -0.338 e. The molecule has 0 bridgehead atoms. The maximum Gasteiger partial charge on any atom is 0.161 e. The summed E-state index contributed by atoms with van der Waals surface area (Å²) in [7, 11) is 0. The number of aromatic amines is 1. The molecule has 19 heavy (non-hydrogen) atoms. The number of nitrogens with zero attached hydrogens (tertiary/aromatic N) is 1. The maximum absolute atomic E-state index is 13.1. The summed E-state index contributed by atoms with van der Waals surface area (Å²) in [6.45, 7) is 0. The van der Waals surface area contributed by atoms with E-state index in [0.29, 0.717) is 21.9 Å². The van der Waals surface area contributed by atoms with E-state index in [9.17, 15) is 8.78 Å². The molecule has 2 nitrogen and oxygen atoms in total. The zero-order valence-electron chi connectivity index (χ0n) is 9.35. The van der Waals surface area contributed by atoms with E-state index in [0.717, 1.165) is 21.3 Å². The van der Waals surface area contributed by atoms with Gasteiger partial charge in [0.05, 0.1) is 16.1 Å². The predicted octanol–water partition coefficient (Wildman–Crippen LogP) is 4.77. The lowest BCUT2D eigenvalue weighted by molar-refractivity contribution is 0.510. The van der Waals surface area contributed by atoms with Crippen LogP contribution in [0.5, 0.6) is 0 Å². The van der Waals surface area contributed by atoms with Crippen LogP contribution in [-0.4, -0.2) is 9.97 Å². The highest BCUT2D eigenvalue weighted by molar-refractivity contribution is 14.1. The Morgan fingerprint density at radius 1 is 1.11 bits per heavy atom. The van der Waals surface area contributed by atoms with E-state index < -0.39 is 11.6 Å². The number of halogens is 4. The van der Waals surface area contributed by atoms with Gasteiger partial charge in [0.25, 0.3) is 0 Å². The van der Waals surface area contributed by atoms with Crippen molar-refractivity contribution in [2.75, 3.05) is 0 Å². The van der Waals surface area contributed by atoms with Crippen molar-refractivity contribution >= 4 is 45.2 Å². The number of H-pyrrole nitrogens is 1. The molecular weight excluding hydrogens is 385 g/mol. The summed E-state index contributed by atoms with van der Waals surface area (Å²) in [5.74, 6) is -1.28. The molecule has 0 saturated carbocycles. The summed E-state index contributed by atoms with van der Waals surface area (Å²) in [4.78, 5) is 7.18. The molecule has 0 aliphatic heterocycles. The summed E-state index contributed by atoms with van der Waals surface area (Å²) in [5.41, 5.74) is 1.59. The molecule has 0 spiro atoms. The van der Waals surface area contributed by atoms with Crippen molar-refractivity contribution in [1.82, 2.24) is 9.97 Å². The fraction of sp³-hybridized carbons (Fsp3) is 0. The van der Waals surface area contributed by atoms with Crippen molar-refractivity contribution in [3.05, 3.63) is 50.6 Å². The molecule has 0 fully saturated rings. The molecule has 0 atom stereocenters. The van der Waals surface area contributed by atoms with Gasteiger partial charge in [-0.2, -0.15) is 0 Å². The summed E-state index contributed by atoms with van der Waals surface area (Å²) in [5, 5.41) is 0.607. The molecule has 3 aromatic rings. The Labute approximate surface area is 125 Å². The van der Waals surface area contributed by atoms with Gasteiger partial charge < -0.3 is 4.98 Å². The first-order chi connectivity index (χ1) is 9.04. The second kappa shape index (κ2) is 4.72. The van der Waals surface area contributed by atoms with Crippen LogP contribution in [0.4, 0.5) is 8.78 Å². The first-order valence-corrected chi connectivity index (χ1v) is 6.80. The number of rotatable bonds is 1. The average molecular weight is 391 g/mol. The van der Waals surface area contributed by atoms with E-state index in [2.05, 4.69) is 32.6 Å². The Hall–Kier alpha value is -1.21. The van der Waals surface area contributed by atoms with Crippen LogP contribution in [0.1, 0.15) is 0 Å². The highest BCUT2D eigenvalue weighted by Gasteiger charge is 2.10. The van der Waals surface area contributed by atoms with E-state index in [1.165, 1.54) is 0 Å². The third-order valence-electron chi connectivity index (χ3n) is 2.72. The average Bonchev–Trinajstić information content (AvgIpc) is 2.76. The second-order valence-corrected chi connectivity index (χ2v) is 5.57. The third-order valence-corrected chi connectivity index (χ3v) is 4.29. The van der Waals surface area contributed by atoms with E-state index in [1.807, 2.05) is 12.1 Å². The van der Waals surface area contributed by atoms with Crippen LogP contribution < -0.4 is 0 Å². The Morgan fingerprint density at radius 2 is 1.84 bits per heavy atom. The minimum absolute atomic E-state index is 0.378. The van der Waals surface area contributed by atoms with E-state index in [4.69, 9.17) is 11.6 Å². The Morgan fingerprint density at radius 3 is 2.58 bits per heavy atom. The molecule has 0 aliphatic rings. The number of aromatic nitrogens is 2. The van der Waals surface area contributed by atoms with Gasteiger partial charge in [-0.3, -0.25) is 0 Å².